The minimum Gasteiger partial charge on any atom is -0.460 e. The molecule has 20 heavy (non-hydrogen) atoms. The summed E-state index contributed by atoms with van der Waals surface area (Å²) in [5.74, 6) is -0.410. The summed E-state index contributed by atoms with van der Waals surface area (Å²) in [6.07, 6.45) is 0. The Morgan fingerprint density at radius 1 is 1.00 bits per heavy atom. The van der Waals surface area contributed by atoms with Crippen molar-refractivity contribution in [1.82, 2.24) is 12.3 Å². The molecule has 0 aromatic heterocycles. The Bertz CT molecular complexity index is 241. The lowest BCUT2D eigenvalue weighted by Crippen LogP contribution is -2.26. The van der Waals surface area contributed by atoms with Gasteiger partial charge in [0.1, 0.15) is 5.60 Å². The second-order valence-corrected chi connectivity index (χ2v) is 5.25. The highest BCUT2D eigenvalue weighted by Gasteiger charge is 2.18. The summed E-state index contributed by atoms with van der Waals surface area (Å²) in [5.41, 5.74) is 4.45. The van der Waals surface area contributed by atoms with Crippen LogP contribution in [0.5, 0.6) is 0 Å². The van der Waals surface area contributed by atoms with Crippen molar-refractivity contribution in [3.63, 3.8) is 0 Å². The standard InChI is InChI=1S/C8H16O2.C4H9NO.ClHO.2H3N/c1-6(2)7(9)10-8(3,4)5;1-3(2)4(5)6;1-2;;/h6H,1-5H3;3H,1-2H3,(H2,5,6);2H;2*1H3. The second-order valence-electron chi connectivity index (χ2n) is 5.25. The first-order chi connectivity index (χ1) is 7.97. The van der Waals surface area contributed by atoms with E-state index in [2.05, 4.69) is 11.9 Å². The number of carbonyl (C=O) groups excluding carboxylic acids is 2. The van der Waals surface area contributed by atoms with Gasteiger partial charge in [-0.25, -0.2) is 0 Å². The average molecular weight is 318 g/mol. The molecule has 8 heteroatoms. The molecule has 7 nitrogen and oxygen atoms in total. The smallest absolute Gasteiger partial charge is 0.308 e. The van der Waals surface area contributed by atoms with Crippen molar-refractivity contribution in [2.45, 2.75) is 54.1 Å². The highest BCUT2D eigenvalue weighted by molar-refractivity contribution is 6.04. The van der Waals surface area contributed by atoms with Gasteiger partial charge in [0, 0.05) is 5.92 Å². The predicted octanol–water partition coefficient (Wildman–Crippen LogP) is 2.57. The molecule has 0 radical (unpaired) electrons. The van der Waals surface area contributed by atoms with Gasteiger partial charge in [0.2, 0.25) is 5.91 Å². The number of halogens is 1. The van der Waals surface area contributed by atoms with E-state index in [0.29, 0.717) is 0 Å². The average Bonchev–Trinajstić information content (AvgIpc) is 2.18. The fraction of sp³-hybridized carbons (Fsp3) is 0.833. The van der Waals surface area contributed by atoms with Crippen LogP contribution in [0.3, 0.4) is 0 Å². The Balaban J connectivity index is -0.0000000656. The third kappa shape index (κ3) is 30.3. The van der Waals surface area contributed by atoms with Crippen molar-refractivity contribution < 1.29 is 19.0 Å². The fourth-order valence-electron chi connectivity index (χ4n) is 0.420. The van der Waals surface area contributed by atoms with Crippen LogP contribution in [0, 0.1) is 11.8 Å². The van der Waals surface area contributed by atoms with E-state index in [1.54, 1.807) is 13.8 Å². The largest absolute Gasteiger partial charge is 0.460 e. The molecule has 0 saturated carbocycles. The molecular formula is C12H32ClN3O4. The molecule has 0 aromatic carbocycles. The molecule has 0 rings (SSSR count). The van der Waals surface area contributed by atoms with Crippen molar-refractivity contribution in [2.24, 2.45) is 17.6 Å². The van der Waals surface area contributed by atoms with Gasteiger partial charge in [0.25, 0.3) is 0 Å². The molecule has 1 amide bonds. The highest BCUT2D eigenvalue weighted by atomic mass is 35.5. The Morgan fingerprint density at radius 2 is 1.25 bits per heavy atom. The molecule has 0 bridgehead atoms. The zero-order valence-corrected chi connectivity index (χ0v) is 14.5. The number of amides is 1. The monoisotopic (exact) mass is 317 g/mol. The predicted molar refractivity (Wildman–Crippen MR) is 82.8 cm³/mol. The van der Waals surface area contributed by atoms with Crippen molar-refractivity contribution in [3.8, 4) is 0 Å². The summed E-state index contributed by atoms with van der Waals surface area (Å²) in [6.45, 7) is 12.8. The van der Waals surface area contributed by atoms with Gasteiger partial charge in [-0.05, 0) is 20.8 Å². The van der Waals surface area contributed by atoms with E-state index >= 15 is 0 Å². The molecule has 126 valence electrons. The molecule has 0 unspecified atom stereocenters. The molecule has 0 heterocycles. The summed E-state index contributed by atoms with van der Waals surface area (Å²) < 4.78 is 11.5. The molecule has 0 aliphatic rings. The third-order valence-corrected chi connectivity index (χ3v) is 1.45. The summed E-state index contributed by atoms with van der Waals surface area (Å²) in [5, 5.41) is 0. The number of esters is 1. The maximum Gasteiger partial charge on any atom is 0.308 e. The summed E-state index contributed by atoms with van der Waals surface area (Å²) >= 11 is 3.64. The first kappa shape index (κ1) is 31.5. The van der Waals surface area contributed by atoms with Crippen LogP contribution in [-0.4, -0.2) is 22.1 Å². The lowest BCUT2D eigenvalue weighted by atomic mass is 10.1. The van der Waals surface area contributed by atoms with Crippen molar-refractivity contribution in [1.29, 1.82) is 0 Å². The van der Waals surface area contributed by atoms with Gasteiger partial charge < -0.3 is 22.8 Å². The molecule has 0 aromatic rings. The van der Waals surface area contributed by atoms with Gasteiger partial charge in [-0.2, -0.15) is 0 Å². The summed E-state index contributed by atoms with van der Waals surface area (Å²) in [4.78, 5) is 20.9. The molecular weight excluding hydrogens is 286 g/mol. The zero-order chi connectivity index (χ0) is 15.5. The van der Waals surface area contributed by atoms with E-state index in [9.17, 15) is 9.59 Å². The van der Waals surface area contributed by atoms with E-state index in [1.807, 2.05) is 34.6 Å². The number of primary amides is 1. The number of nitrogens with two attached hydrogens (primary N) is 1. The first-order valence-electron chi connectivity index (χ1n) is 5.66. The normalized spacial score (nSPS) is 8.95. The van der Waals surface area contributed by atoms with Crippen LogP contribution in [0.25, 0.3) is 0 Å². The van der Waals surface area contributed by atoms with Gasteiger partial charge >= 0.3 is 5.97 Å². The summed E-state index contributed by atoms with van der Waals surface area (Å²) in [6, 6.07) is 0. The molecule has 0 aliphatic carbocycles. The van der Waals surface area contributed by atoms with Crippen LogP contribution in [0.15, 0.2) is 0 Å². The first-order valence-corrected chi connectivity index (χ1v) is 6.00. The third-order valence-electron chi connectivity index (χ3n) is 1.45. The number of hydrogen-bond acceptors (Lipinski definition) is 6. The van der Waals surface area contributed by atoms with E-state index < -0.39 is 0 Å². The Labute approximate surface area is 127 Å². The van der Waals surface area contributed by atoms with E-state index in [0.717, 1.165) is 0 Å². The molecule has 0 atom stereocenters. The lowest BCUT2D eigenvalue weighted by Gasteiger charge is -2.20. The number of carbonyl (C=O) groups is 2. The SMILES string of the molecule is CC(C)C(=O)OC(C)(C)C.CC(C)C(N)=O.N.N.OCl. The van der Waals surface area contributed by atoms with Gasteiger partial charge in [-0.15, -0.1) is 0 Å². The Morgan fingerprint density at radius 3 is 1.30 bits per heavy atom. The maximum absolute atomic E-state index is 10.9. The molecule has 9 N–H and O–H groups in total. The van der Waals surface area contributed by atoms with Crippen LogP contribution in [0.1, 0.15) is 48.5 Å². The van der Waals surface area contributed by atoms with Gasteiger partial charge in [-0.3, -0.25) is 14.2 Å². The van der Waals surface area contributed by atoms with Gasteiger partial charge in [0.15, 0.2) is 0 Å². The van der Waals surface area contributed by atoms with Gasteiger partial charge in [-0.1, -0.05) is 27.7 Å². The molecule has 0 fully saturated rings. The van der Waals surface area contributed by atoms with Crippen LogP contribution < -0.4 is 18.0 Å². The van der Waals surface area contributed by atoms with E-state index in [4.69, 9.17) is 15.1 Å². The minimum atomic E-state index is -0.346. The Kier molecular flexibility index (Phi) is 25.4. The zero-order valence-electron chi connectivity index (χ0n) is 13.7. The van der Waals surface area contributed by atoms with Crippen LogP contribution >= 0.6 is 11.9 Å². The van der Waals surface area contributed by atoms with Gasteiger partial charge in [0.05, 0.1) is 17.8 Å². The number of hydrogen-bond donors (Lipinski definition) is 4. The maximum atomic E-state index is 10.9. The molecule has 0 saturated heterocycles. The molecule has 0 spiro atoms. The number of rotatable bonds is 2. The van der Waals surface area contributed by atoms with Crippen LogP contribution in [0.2, 0.25) is 0 Å². The van der Waals surface area contributed by atoms with Crippen LogP contribution in [-0.2, 0) is 14.3 Å². The Hall–Kier alpha value is -0.890. The van der Waals surface area contributed by atoms with Crippen LogP contribution in [0.4, 0.5) is 0 Å². The highest BCUT2D eigenvalue weighted by Crippen LogP contribution is 2.10. The lowest BCUT2D eigenvalue weighted by molar-refractivity contribution is -0.158. The fourth-order valence-corrected chi connectivity index (χ4v) is 0.420. The minimum absolute atomic E-state index is 0. The quantitative estimate of drug-likeness (QED) is 0.572. The van der Waals surface area contributed by atoms with E-state index in [1.165, 1.54) is 0 Å². The second kappa shape index (κ2) is 16.2. The molecule has 0 aliphatic heterocycles. The summed E-state index contributed by atoms with van der Waals surface area (Å²) in [7, 11) is 0. The van der Waals surface area contributed by atoms with E-state index in [-0.39, 0.29) is 41.6 Å². The topological polar surface area (TPSA) is 160 Å². The number of ether oxygens (including phenoxy) is 1. The van der Waals surface area contributed by atoms with Crippen molar-refractivity contribution in [2.75, 3.05) is 0 Å². The van der Waals surface area contributed by atoms with Crippen molar-refractivity contribution in [3.05, 3.63) is 0 Å². The van der Waals surface area contributed by atoms with Crippen molar-refractivity contribution >= 4 is 23.7 Å².